The first kappa shape index (κ1) is 16.2. The molecule has 4 nitrogen and oxygen atoms in total. The molecule has 2 bridgehead atoms. The Morgan fingerprint density at radius 2 is 1.74 bits per heavy atom. The molecular weight excluding hydrogens is 288 g/mol. The fourth-order valence-corrected chi connectivity index (χ4v) is 3.87. The minimum absolute atomic E-state index is 0.160. The highest BCUT2D eigenvalue weighted by Gasteiger charge is 2.41. The first-order chi connectivity index (χ1) is 10.9. The van der Waals surface area contributed by atoms with E-state index < -0.39 is 5.60 Å². The van der Waals surface area contributed by atoms with Crippen LogP contribution >= 0.6 is 0 Å². The zero-order chi connectivity index (χ0) is 16.4. The molecule has 2 aliphatic rings. The summed E-state index contributed by atoms with van der Waals surface area (Å²) in [6, 6.07) is 10.9. The molecule has 1 saturated carbocycles. The molecule has 4 heteroatoms. The number of nitrogens with zero attached hydrogens (tertiary/aromatic N) is 1. The summed E-state index contributed by atoms with van der Waals surface area (Å²) in [5.41, 5.74) is 0.755. The van der Waals surface area contributed by atoms with E-state index in [-0.39, 0.29) is 6.09 Å². The SMILES string of the molecule is CC(C)(C)OC(=O)N1CC2CCCC(C1)C2Nc1ccccc1. The van der Waals surface area contributed by atoms with Gasteiger partial charge in [0.25, 0.3) is 0 Å². The van der Waals surface area contributed by atoms with E-state index in [4.69, 9.17) is 4.74 Å². The molecule has 1 aliphatic carbocycles. The number of amides is 1. The van der Waals surface area contributed by atoms with Crippen LogP contribution in [-0.2, 0) is 4.74 Å². The summed E-state index contributed by atoms with van der Waals surface area (Å²) in [5, 5.41) is 3.71. The molecule has 0 radical (unpaired) electrons. The van der Waals surface area contributed by atoms with Gasteiger partial charge in [-0.05, 0) is 57.6 Å². The quantitative estimate of drug-likeness (QED) is 0.892. The Morgan fingerprint density at radius 3 is 2.30 bits per heavy atom. The van der Waals surface area contributed by atoms with Crippen LogP contribution in [0.2, 0.25) is 0 Å². The molecule has 1 aromatic rings. The molecule has 2 unspecified atom stereocenters. The molecule has 1 saturated heterocycles. The largest absolute Gasteiger partial charge is 0.444 e. The van der Waals surface area contributed by atoms with Crippen LogP contribution < -0.4 is 5.32 Å². The van der Waals surface area contributed by atoms with Crippen molar-refractivity contribution >= 4 is 11.8 Å². The molecule has 1 N–H and O–H groups in total. The molecule has 23 heavy (non-hydrogen) atoms. The molecule has 1 aromatic carbocycles. The number of fused-ring (bicyclic) bond motifs is 2. The Kier molecular flexibility index (Phi) is 4.51. The van der Waals surface area contributed by atoms with Crippen molar-refractivity contribution in [2.75, 3.05) is 18.4 Å². The predicted molar refractivity (Wildman–Crippen MR) is 92.5 cm³/mol. The third-order valence-electron chi connectivity index (χ3n) is 4.83. The van der Waals surface area contributed by atoms with Crippen LogP contribution in [0.25, 0.3) is 0 Å². The number of likely N-dealkylation sites (tertiary alicyclic amines) is 1. The van der Waals surface area contributed by atoms with Crippen LogP contribution in [0.3, 0.4) is 0 Å². The number of benzene rings is 1. The van der Waals surface area contributed by atoms with Gasteiger partial charge in [0.1, 0.15) is 5.60 Å². The van der Waals surface area contributed by atoms with E-state index >= 15 is 0 Å². The molecule has 3 rings (SSSR count). The average molecular weight is 316 g/mol. The number of hydrogen-bond acceptors (Lipinski definition) is 3. The van der Waals surface area contributed by atoms with E-state index in [1.165, 1.54) is 24.9 Å². The maximum absolute atomic E-state index is 12.4. The number of para-hydroxylation sites is 1. The van der Waals surface area contributed by atoms with Gasteiger partial charge in [-0.2, -0.15) is 0 Å². The van der Waals surface area contributed by atoms with Crippen LogP contribution in [0, 0.1) is 11.8 Å². The fourth-order valence-electron chi connectivity index (χ4n) is 3.87. The summed E-state index contributed by atoms with van der Waals surface area (Å²) in [4.78, 5) is 14.3. The van der Waals surface area contributed by atoms with Crippen molar-refractivity contribution in [3.8, 4) is 0 Å². The van der Waals surface area contributed by atoms with E-state index in [9.17, 15) is 4.79 Å². The van der Waals surface area contributed by atoms with Crippen LogP contribution in [0.4, 0.5) is 10.5 Å². The average Bonchev–Trinajstić information content (AvgIpc) is 2.46. The summed E-state index contributed by atoms with van der Waals surface area (Å²) in [6.45, 7) is 7.38. The van der Waals surface area contributed by atoms with Gasteiger partial charge in [-0.3, -0.25) is 0 Å². The number of carbonyl (C=O) groups is 1. The van der Waals surface area contributed by atoms with Crippen molar-refractivity contribution in [2.45, 2.75) is 51.7 Å². The van der Waals surface area contributed by atoms with Gasteiger partial charge in [0.05, 0.1) is 0 Å². The lowest BCUT2D eigenvalue weighted by atomic mass is 9.73. The van der Waals surface area contributed by atoms with E-state index in [2.05, 4.69) is 29.6 Å². The Labute approximate surface area is 139 Å². The zero-order valence-corrected chi connectivity index (χ0v) is 14.4. The van der Waals surface area contributed by atoms with Crippen LogP contribution in [-0.4, -0.2) is 35.7 Å². The van der Waals surface area contributed by atoms with Gasteiger partial charge >= 0.3 is 6.09 Å². The van der Waals surface area contributed by atoms with Crippen LogP contribution in [0.1, 0.15) is 40.0 Å². The third kappa shape index (κ3) is 3.98. The fraction of sp³-hybridized carbons (Fsp3) is 0.632. The van der Waals surface area contributed by atoms with E-state index in [0.29, 0.717) is 17.9 Å². The second-order valence-corrected chi connectivity index (χ2v) is 7.87. The molecule has 1 amide bonds. The van der Waals surface area contributed by atoms with E-state index in [1.54, 1.807) is 0 Å². The number of carbonyl (C=O) groups excluding carboxylic acids is 1. The van der Waals surface area contributed by atoms with Crippen molar-refractivity contribution in [3.05, 3.63) is 30.3 Å². The highest BCUT2D eigenvalue weighted by atomic mass is 16.6. The first-order valence-corrected chi connectivity index (χ1v) is 8.72. The van der Waals surface area contributed by atoms with Crippen molar-refractivity contribution in [1.82, 2.24) is 4.90 Å². The van der Waals surface area contributed by atoms with Gasteiger partial charge in [0.15, 0.2) is 0 Å². The van der Waals surface area contributed by atoms with Crippen LogP contribution in [0.5, 0.6) is 0 Å². The number of ether oxygens (including phenoxy) is 1. The number of anilines is 1. The number of piperidine rings is 1. The number of rotatable bonds is 2. The standard InChI is InChI=1S/C19H28N2O2/c1-19(2,3)23-18(22)21-12-14-8-7-9-15(13-21)17(14)20-16-10-5-4-6-11-16/h4-6,10-11,14-15,17,20H,7-9,12-13H2,1-3H3. The molecular formula is C19H28N2O2. The Balaban J connectivity index is 1.67. The molecule has 1 aliphatic heterocycles. The summed E-state index contributed by atoms with van der Waals surface area (Å²) < 4.78 is 5.56. The Bertz CT molecular complexity index is 524. The van der Waals surface area contributed by atoms with E-state index in [1.807, 2.05) is 31.7 Å². The van der Waals surface area contributed by atoms with Gasteiger partial charge < -0.3 is 15.0 Å². The monoisotopic (exact) mass is 316 g/mol. The summed E-state index contributed by atoms with van der Waals surface area (Å²) >= 11 is 0. The Hall–Kier alpha value is -1.71. The summed E-state index contributed by atoms with van der Waals surface area (Å²) in [7, 11) is 0. The van der Waals surface area contributed by atoms with E-state index in [0.717, 1.165) is 13.1 Å². The number of hydrogen-bond donors (Lipinski definition) is 1. The minimum atomic E-state index is -0.425. The second-order valence-electron chi connectivity index (χ2n) is 7.87. The lowest BCUT2D eigenvalue weighted by molar-refractivity contribution is 0.000435. The maximum Gasteiger partial charge on any atom is 0.410 e. The predicted octanol–water partition coefficient (Wildman–Crippen LogP) is 4.13. The molecule has 2 fully saturated rings. The van der Waals surface area contributed by atoms with Crippen molar-refractivity contribution in [3.63, 3.8) is 0 Å². The molecule has 126 valence electrons. The molecule has 0 aromatic heterocycles. The highest BCUT2D eigenvalue weighted by molar-refractivity contribution is 5.68. The number of nitrogens with one attached hydrogen (secondary N) is 1. The molecule has 1 heterocycles. The van der Waals surface area contributed by atoms with Crippen molar-refractivity contribution < 1.29 is 9.53 Å². The summed E-state index contributed by atoms with van der Waals surface area (Å²) in [6.07, 6.45) is 3.47. The zero-order valence-electron chi connectivity index (χ0n) is 14.4. The highest BCUT2D eigenvalue weighted by Crippen LogP contribution is 2.37. The Morgan fingerprint density at radius 1 is 1.13 bits per heavy atom. The third-order valence-corrected chi connectivity index (χ3v) is 4.83. The van der Waals surface area contributed by atoms with Gasteiger partial charge in [0, 0.05) is 24.8 Å². The lowest BCUT2D eigenvalue weighted by Crippen LogP contribution is -2.56. The minimum Gasteiger partial charge on any atom is -0.444 e. The van der Waals surface area contributed by atoms with Crippen LogP contribution in [0.15, 0.2) is 30.3 Å². The van der Waals surface area contributed by atoms with Crippen molar-refractivity contribution in [1.29, 1.82) is 0 Å². The molecule has 0 spiro atoms. The van der Waals surface area contributed by atoms with Gasteiger partial charge in [-0.1, -0.05) is 24.6 Å². The van der Waals surface area contributed by atoms with Gasteiger partial charge in [0.2, 0.25) is 0 Å². The first-order valence-electron chi connectivity index (χ1n) is 8.72. The maximum atomic E-state index is 12.4. The van der Waals surface area contributed by atoms with Crippen molar-refractivity contribution in [2.24, 2.45) is 11.8 Å². The summed E-state index contributed by atoms with van der Waals surface area (Å²) in [5.74, 6) is 1.02. The smallest absolute Gasteiger partial charge is 0.410 e. The van der Waals surface area contributed by atoms with Gasteiger partial charge in [-0.15, -0.1) is 0 Å². The lowest BCUT2D eigenvalue weighted by Gasteiger charge is -2.47. The second kappa shape index (κ2) is 6.42. The topological polar surface area (TPSA) is 41.6 Å². The normalized spacial score (nSPS) is 27.4. The van der Waals surface area contributed by atoms with Gasteiger partial charge in [-0.25, -0.2) is 4.79 Å². The molecule has 2 atom stereocenters.